The molecule has 0 aromatic heterocycles. The van der Waals surface area contributed by atoms with Crippen LogP contribution in [0.3, 0.4) is 0 Å². The number of amides is 1. The first-order valence-corrected chi connectivity index (χ1v) is 6.20. The predicted molar refractivity (Wildman–Crippen MR) is 66.7 cm³/mol. The molecule has 0 heterocycles. The van der Waals surface area contributed by atoms with Crippen LogP contribution in [-0.2, 0) is 0 Å². The van der Waals surface area contributed by atoms with Crippen LogP contribution < -0.4 is 11.1 Å². The van der Waals surface area contributed by atoms with E-state index in [2.05, 4.69) is 5.32 Å². The number of thioether (sulfide) groups is 1. The fourth-order valence-electron chi connectivity index (χ4n) is 1.15. The molecule has 1 amide bonds. The number of halogens is 4. The molecule has 0 spiro atoms. The number of alkyl halides is 3. The molecule has 0 unspecified atom stereocenters. The number of carbonyl (C=O) groups excluding carboxylic acids is 1. The molecule has 8 heteroatoms. The van der Waals surface area contributed by atoms with Crippen LogP contribution in [0.2, 0.25) is 5.02 Å². The van der Waals surface area contributed by atoms with Crippen molar-refractivity contribution >= 4 is 35.0 Å². The third kappa shape index (κ3) is 4.66. The van der Waals surface area contributed by atoms with Gasteiger partial charge in [-0.3, -0.25) is 4.79 Å². The van der Waals surface area contributed by atoms with Gasteiger partial charge in [-0.05, 0) is 23.9 Å². The van der Waals surface area contributed by atoms with Crippen molar-refractivity contribution in [3.63, 3.8) is 0 Å². The van der Waals surface area contributed by atoms with E-state index in [1.54, 1.807) is 6.07 Å². The average molecular weight is 299 g/mol. The van der Waals surface area contributed by atoms with Crippen molar-refractivity contribution < 1.29 is 18.0 Å². The molecule has 100 valence electrons. The second-order valence-electron chi connectivity index (χ2n) is 3.26. The number of nitrogens with two attached hydrogens (primary N) is 1. The summed E-state index contributed by atoms with van der Waals surface area (Å²) in [4.78, 5) is 11.6. The molecule has 3 N–H and O–H groups in total. The highest BCUT2D eigenvalue weighted by Gasteiger charge is 2.27. The summed E-state index contributed by atoms with van der Waals surface area (Å²) >= 11 is 5.61. The summed E-state index contributed by atoms with van der Waals surface area (Å²) < 4.78 is 35.5. The standard InChI is InChI=1S/C10H10ClF3N2OS/c11-8-6(2-1-3-7(8)15)9(17)16-4-5-18-10(12,13)14/h1-3H,4-5,15H2,(H,16,17). The molecule has 0 bridgehead atoms. The fraction of sp³-hybridized carbons (Fsp3) is 0.300. The highest BCUT2D eigenvalue weighted by atomic mass is 35.5. The molecular weight excluding hydrogens is 289 g/mol. The van der Waals surface area contributed by atoms with Gasteiger partial charge in [-0.25, -0.2) is 0 Å². The molecule has 1 aromatic rings. The van der Waals surface area contributed by atoms with Gasteiger partial charge in [0.15, 0.2) is 0 Å². The van der Waals surface area contributed by atoms with E-state index in [0.29, 0.717) is 0 Å². The summed E-state index contributed by atoms with van der Waals surface area (Å²) in [6, 6.07) is 4.52. The Hall–Kier alpha value is -1.08. The summed E-state index contributed by atoms with van der Waals surface area (Å²) in [6.07, 6.45) is 0. The maximum absolute atomic E-state index is 11.8. The molecule has 18 heavy (non-hydrogen) atoms. The van der Waals surface area contributed by atoms with Crippen molar-refractivity contribution in [1.29, 1.82) is 0 Å². The van der Waals surface area contributed by atoms with Crippen molar-refractivity contribution in [2.45, 2.75) is 5.51 Å². The Labute approximate surface area is 111 Å². The summed E-state index contributed by atoms with van der Waals surface area (Å²) in [5, 5.41) is 2.44. The summed E-state index contributed by atoms with van der Waals surface area (Å²) in [5.74, 6) is -0.801. The van der Waals surface area contributed by atoms with Crippen LogP contribution in [0.15, 0.2) is 18.2 Å². The summed E-state index contributed by atoms with van der Waals surface area (Å²) in [5.41, 5.74) is 1.60. The van der Waals surface area contributed by atoms with Crippen molar-refractivity contribution in [3.8, 4) is 0 Å². The Morgan fingerprint density at radius 1 is 1.44 bits per heavy atom. The lowest BCUT2D eigenvalue weighted by Gasteiger charge is -2.09. The normalized spacial score (nSPS) is 11.3. The zero-order valence-corrected chi connectivity index (χ0v) is 10.6. The van der Waals surface area contributed by atoms with E-state index < -0.39 is 11.4 Å². The van der Waals surface area contributed by atoms with Crippen molar-refractivity contribution in [3.05, 3.63) is 28.8 Å². The van der Waals surface area contributed by atoms with Gasteiger partial charge in [0.1, 0.15) is 0 Å². The number of benzene rings is 1. The number of hydrogen-bond acceptors (Lipinski definition) is 3. The molecule has 0 aliphatic carbocycles. The van der Waals surface area contributed by atoms with Crippen LogP contribution in [-0.4, -0.2) is 23.7 Å². The van der Waals surface area contributed by atoms with Gasteiger partial charge in [0, 0.05) is 12.3 Å². The van der Waals surface area contributed by atoms with Crippen LogP contribution in [0.1, 0.15) is 10.4 Å². The molecule has 1 rings (SSSR count). The molecule has 0 fully saturated rings. The second-order valence-corrected chi connectivity index (χ2v) is 4.80. The van der Waals surface area contributed by atoms with Gasteiger partial charge in [0.05, 0.1) is 16.3 Å². The minimum absolute atomic E-state index is 0.0958. The predicted octanol–water partition coefficient (Wildman–Crippen LogP) is 2.91. The highest BCUT2D eigenvalue weighted by molar-refractivity contribution is 8.00. The average Bonchev–Trinajstić information content (AvgIpc) is 2.26. The number of hydrogen-bond donors (Lipinski definition) is 2. The maximum atomic E-state index is 11.8. The van der Waals surface area contributed by atoms with Crippen LogP contribution in [0, 0.1) is 0 Å². The van der Waals surface area contributed by atoms with E-state index in [4.69, 9.17) is 17.3 Å². The SMILES string of the molecule is Nc1cccc(C(=O)NCCSC(F)(F)F)c1Cl. The Kier molecular flexibility index (Phi) is 5.15. The Morgan fingerprint density at radius 3 is 2.72 bits per heavy atom. The lowest BCUT2D eigenvalue weighted by Crippen LogP contribution is -2.26. The van der Waals surface area contributed by atoms with Gasteiger partial charge in [-0.15, -0.1) is 0 Å². The molecule has 1 aromatic carbocycles. The third-order valence-corrected chi connectivity index (χ3v) is 3.08. The highest BCUT2D eigenvalue weighted by Crippen LogP contribution is 2.29. The van der Waals surface area contributed by atoms with E-state index in [1.165, 1.54) is 12.1 Å². The summed E-state index contributed by atoms with van der Waals surface area (Å²) in [6.45, 7) is -0.103. The minimum atomic E-state index is -4.29. The molecule has 3 nitrogen and oxygen atoms in total. The largest absolute Gasteiger partial charge is 0.441 e. The maximum Gasteiger partial charge on any atom is 0.441 e. The first-order valence-electron chi connectivity index (χ1n) is 4.84. The number of carbonyl (C=O) groups is 1. The van der Waals surface area contributed by atoms with Crippen LogP contribution >= 0.6 is 23.4 Å². The van der Waals surface area contributed by atoms with Gasteiger partial charge in [0.25, 0.3) is 5.91 Å². The van der Waals surface area contributed by atoms with E-state index >= 15 is 0 Å². The molecule has 0 aliphatic rings. The molecule has 0 saturated carbocycles. The van der Waals surface area contributed by atoms with E-state index in [9.17, 15) is 18.0 Å². The van der Waals surface area contributed by atoms with Gasteiger partial charge in [-0.2, -0.15) is 13.2 Å². The monoisotopic (exact) mass is 298 g/mol. The quantitative estimate of drug-likeness (QED) is 0.664. The molecule has 0 saturated heterocycles. The zero-order valence-electron chi connectivity index (χ0n) is 9.05. The van der Waals surface area contributed by atoms with E-state index in [-0.39, 0.29) is 40.3 Å². The van der Waals surface area contributed by atoms with E-state index in [1.807, 2.05) is 0 Å². The second kappa shape index (κ2) is 6.19. The molecule has 0 radical (unpaired) electrons. The Balaban J connectivity index is 2.49. The van der Waals surface area contributed by atoms with Gasteiger partial charge in [-0.1, -0.05) is 17.7 Å². The molecule has 0 atom stereocenters. The van der Waals surface area contributed by atoms with Gasteiger partial charge >= 0.3 is 5.51 Å². The van der Waals surface area contributed by atoms with Crippen molar-refractivity contribution in [1.82, 2.24) is 5.32 Å². The van der Waals surface area contributed by atoms with Gasteiger partial charge in [0.2, 0.25) is 0 Å². The lowest BCUT2D eigenvalue weighted by molar-refractivity contribution is -0.0327. The van der Waals surface area contributed by atoms with Crippen molar-refractivity contribution in [2.75, 3.05) is 18.0 Å². The minimum Gasteiger partial charge on any atom is -0.398 e. The lowest BCUT2D eigenvalue weighted by atomic mass is 10.2. The number of rotatable bonds is 4. The van der Waals surface area contributed by atoms with E-state index in [0.717, 1.165) is 0 Å². The number of anilines is 1. The van der Waals surface area contributed by atoms with Crippen LogP contribution in [0.5, 0.6) is 0 Å². The van der Waals surface area contributed by atoms with Gasteiger partial charge < -0.3 is 11.1 Å². The van der Waals surface area contributed by atoms with Crippen LogP contribution in [0.4, 0.5) is 18.9 Å². The third-order valence-electron chi connectivity index (χ3n) is 1.93. The zero-order chi connectivity index (χ0) is 13.8. The molecular formula is C10H10ClF3N2OS. The first kappa shape index (κ1) is 15.0. The Morgan fingerprint density at radius 2 is 2.11 bits per heavy atom. The number of nitrogens with one attached hydrogen (secondary N) is 1. The Bertz CT molecular complexity index is 440. The topological polar surface area (TPSA) is 55.1 Å². The summed E-state index contributed by atoms with van der Waals surface area (Å²) in [7, 11) is 0. The van der Waals surface area contributed by atoms with Crippen molar-refractivity contribution in [2.24, 2.45) is 0 Å². The van der Waals surface area contributed by atoms with Crippen LogP contribution in [0.25, 0.3) is 0 Å². The molecule has 0 aliphatic heterocycles. The number of nitrogen functional groups attached to an aromatic ring is 1. The fourth-order valence-corrected chi connectivity index (χ4v) is 1.80. The first-order chi connectivity index (χ1) is 8.31. The smallest absolute Gasteiger partial charge is 0.398 e.